The number of rotatable bonds is 4. The van der Waals surface area contributed by atoms with Gasteiger partial charge in [-0.3, -0.25) is 19.7 Å². The summed E-state index contributed by atoms with van der Waals surface area (Å²) in [5.74, 6) is 0.101. The van der Waals surface area contributed by atoms with Crippen molar-refractivity contribution in [3.8, 4) is 0 Å². The van der Waals surface area contributed by atoms with Crippen molar-refractivity contribution < 1.29 is 14.5 Å². The normalized spacial score (nSPS) is 16.1. The fraction of sp³-hybridized carbons (Fsp3) is 0.278. The molecule has 2 aromatic rings. The lowest BCUT2D eigenvalue weighted by Gasteiger charge is -2.30. The number of para-hydroxylation sites is 2. The molecule has 140 valence electrons. The summed E-state index contributed by atoms with van der Waals surface area (Å²) in [6.45, 7) is 1.83. The van der Waals surface area contributed by atoms with Crippen LogP contribution in [-0.2, 0) is 9.59 Å². The van der Waals surface area contributed by atoms with Crippen LogP contribution in [0.3, 0.4) is 0 Å². The van der Waals surface area contributed by atoms with Crippen LogP contribution in [0.4, 0.5) is 22.9 Å². The quantitative estimate of drug-likeness (QED) is 0.654. The van der Waals surface area contributed by atoms with Gasteiger partial charge in [0.15, 0.2) is 0 Å². The van der Waals surface area contributed by atoms with Gasteiger partial charge in [-0.25, -0.2) is 4.98 Å². The molecule has 0 spiro atoms. The number of hydrogen-bond acceptors (Lipinski definition) is 6. The number of fused-ring (bicyclic) bond motifs is 1. The first kappa shape index (κ1) is 18.3. The molecule has 1 N–H and O–H groups in total. The third-order valence-electron chi connectivity index (χ3n) is 4.33. The van der Waals surface area contributed by atoms with Gasteiger partial charge < -0.3 is 15.1 Å². The lowest BCUT2D eigenvalue weighted by molar-refractivity contribution is -0.385. The number of aromatic nitrogens is 1. The number of likely N-dealkylation sites (N-methyl/N-ethyl adjacent to an activating group) is 1. The van der Waals surface area contributed by atoms with E-state index in [-0.39, 0.29) is 36.5 Å². The second-order valence-corrected chi connectivity index (χ2v) is 6.37. The van der Waals surface area contributed by atoms with Crippen LogP contribution in [0, 0.1) is 10.1 Å². The summed E-state index contributed by atoms with van der Waals surface area (Å²) >= 11 is 0. The van der Waals surface area contributed by atoms with Gasteiger partial charge in [-0.05, 0) is 25.1 Å². The van der Waals surface area contributed by atoms with Gasteiger partial charge in [0, 0.05) is 25.6 Å². The fourth-order valence-electron chi connectivity index (χ4n) is 3.04. The summed E-state index contributed by atoms with van der Waals surface area (Å²) in [4.78, 5) is 42.5. The standard InChI is InChI=1S/C18H19N5O4/c1-12-9-17(24)20-14-5-3-4-6-15(14)22(12)18(25)11-21(2)16-8-7-13(10-19-16)23(26)27/h3-8,10,12H,9,11H2,1-2H3,(H,20,24)/t12-/m0/s1. The summed E-state index contributed by atoms with van der Waals surface area (Å²) < 4.78 is 0. The highest BCUT2D eigenvalue weighted by molar-refractivity contribution is 6.05. The smallest absolute Gasteiger partial charge is 0.287 e. The van der Waals surface area contributed by atoms with E-state index in [9.17, 15) is 19.7 Å². The van der Waals surface area contributed by atoms with Crippen molar-refractivity contribution in [1.82, 2.24) is 4.98 Å². The number of nitro groups is 1. The molecular weight excluding hydrogens is 350 g/mol. The predicted octanol–water partition coefficient (Wildman–Crippen LogP) is 2.19. The van der Waals surface area contributed by atoms with Gasteiger partial charge in [0.2, 0.25) is 11.8 Å². The number of hydrogen-bond donors (Lipinski definition) is 1. The third kappa shape index (κ3) is 3.86. The molecule has 2 heterocycles. The first-order valence-electron chi connectivity index (χ1n) is 8.39. The Hall–Kier alpha value is -3.49. The minimum Gasteiger partial charge on any atom is -0.350 e. The molecule has 0 bridgehead atoms. The molecule has 9 heteroatoms. The highest BCUT2D eigenvalue weighted by atomic mass is 16.6. The zero-order valence-electron chi connectivity index (χ0n) is 15.0. The van der Waals surface area contributed by atoms with Crippen molar-refractivity contribution in [2.75, 3.05) is 28.7 Å². The molecule has 0 fully saturated rings. The second-order valence-electron chi connectivity index (χ2n) is 6.37. The first-order valence-corrected chi connectivity index (χ1v) is 8.39. The molecule has 1 atom stereocenters. The van der Waals surface area contributed by atoms with Crippen molar-refractivity contribution in [3.63, 3.8) is 0 Å². The number of amides is 2. The number of carbonyl (C=O) groups excluding carboxylic acids is 2. The van der Waals surface area contributed by atoms with E-state index in [2.05, 4.69) is 10.3 Å². The Morgan fingerprint density at radius 3 is 2.78 bits per heavy atom. The molecule has 1 aliphatic heterocycles. The summed E-state index contributed by atoms with van der Waals surface area (Å²) in [7, 11) is 1.68. The minimum absolute atomic E-state index is 0.0116. The highest BCUT2D eigenvalue weighted by Gasteiger charge is 2.30. The molecular formula is C18H19N5O4. The first-order chi connectivity index (χ1) is 12.9. The molecule has 3 rings (SSSR count). The van der Waals surface area contributed by atoms with Crippen LogP contribution < -0.4 is 15.1 Å². The predicted molar refractivity (Wildman–Crippen MR) is 101 cm³/mol. The van der Waals surface area contributed by atoms with E-state index in [1.807, 2.05) is 13.0 Å². The molecule has 2 amide bonds. The number of carbonyl (C=O) groups is 2. The Labute approximate surface area is 155 Å². The van der Waals surface area contributed by atoms with Crippen molar-refractivity contribution >= 4 is 34.7 Å². The van der Waals surface area contributed by atoms with Crippen LogP contribution in [-0.4, -0.2) is 41.4 Å². The van der Waals surface area contributed by atoms with E-state index >= 15 is 0 Å². The van der Waals surface area contributed by atoms with Crippen LogP contribution in [0.25, 0.3) is 0 Å². The topological polar surface area (TPSA) is 109 Å². The maximum Gasteiger partial charge on any atom is 0.287 e. The Bertz CT molecular complexity index is 884. The third-order valence-corrected chi connectivity index (χ3v) is 4.33. The molecule has 0 saturated heterocycles. The number of benzene rings is 1. The monoisotopic (exact) mass is 369 g/mol. The maximum atomic E-state index is 13.0. The summed E-state index contributed by atoms with van der Waals surface area (Å²) in [6, 6.07) is 9.69. The van der Waals surface area contributed by atoms with E-state index in [0.29, 0.717) is 17.2 Å². The van der Waals surface area contributed by atoms with Gasteiger partial charge in [-0.1, -0.05) is 12.1 Å². The minimum atomic E-state index is -0.526. The zero-order valence-corrected chi connectivity index (χ0v) is 15.0. The van der Waals surface area contributed by atoms with Crippen LogP contribution in [0.15, 0.2) is 42.6 Å². The Balaban J connectivity index is 1.82. The SMILES string of the molecule is C[C@H]1CC(=O)Nc2ccccc2N1C(=O)CN(C)c1ccc([N+](=O)[O-])cn1. The van der Waals surface area contributed by atoms with E-state index < -0.39 is 4.92 Å². The molecule has 0 radical (unpaired) electrons. The second kappa shape index (κ2) is 7.40. The Morgan fingerprint density at radius 2 is 2.11 bits per heavy atom. The lowest BCUT2D eigenvalue weighted by atomic mass is 10.1. The molecule has 1 aromatic carbocycles. The van der Waals surface area contributed by atoms with Crippen molar-refractivity contribution in [2.24, 2.45) is 0 Å². The molecule has 0 saturated carbocycles. The van der Waals surface area contributed by atoms with Crippen molar-refractivity contribution in [3.05, 3.63) is 52.7 Å². The van der Waals surface area contributed by atoms with Crippen LogP contribution in [0.1, 0.15) is 13.3 Å². The van der Waals surface area contributed by atoms with Gasteiger partial charge in [-0.15, -0.1) is 0 Å². The van der Waals surface area contributed by atoms with E-state index in [0.717, 1.165) is 6.20 Å². The molecule has 1 aromatic heterocycles. The molecule has 27 heavy (non-hydrogen) atoms. The average molecular weight is 369 g/mol. The van der Waals surface area contributed by atoms with Gasteiger partial charge in [0.25, 0.3) is 5.69 Å². The van der Waals surface area contributed by atoms with Crippen LogP contribution in [0.5, 0.6) is 0 Å². The van der Waals surface area contributed by atoms with Gasteiger partial charge in [0.05, 0.1) is 22.8 Å². The highest BCUT2D eigenvalue weighted by Crippen LogP contribution is 2.31. The summed E-state index contributed by atoms with van der Waals surface area (Å²) in [5.41, 5.74) is 1.13. The van der Waals surface area contributed by atoms with Crippen molar-refractivity contribution in [2.45, 2.75) is 19.4 Å². The van der Waals surface area contributed by atoms with Crippen LogP contribution in [0.2, 0.25) is 0 Å². The Kier molecular flexibility index (Phi) is 5.02. The molecule has 0 unspecified atom stereocenters. The fourth-order valence-corrected chi connectivity index (χ4v) is 3.04. The molecule has 9 nitrogen and oxygen atoms in total. The number of anilines is 3. The molecule has 1 aliphatic rings. The average Bonchev–Trinajstić information content (AvgIpc) is 2.75. The number of pyridine rings is 1. The van der Waals surface area contributed by atoms with Gasteiger partial charge >= 0.3 is 0 Å². The molecule has 0 aliphatic carbocycles. The summed E-state index contributed by atoms with van der Waals surface area (Å²) in [6.07, 6.45) is 1.35. The lowest BCUT2D eigenvalue weighted by Crippen LogP contribution is -2.44. The van der Waals surface area contributed by atoms with Crippen molar-refractivity contribution in [1.29, 1.82) is 0 Å². The van der Waals surface area contributed by atoms with Gasteiger partial charge in [0.1, 0.15) is 12.0 Å². The zero-order chi connectivity index (χ0) is 19.6. The van der Waals surface area contributed by atoms with E-state index in [1.54, 1.807) is 35.0 Å². The Morgan fingerprint density at radius 1 is 1.37 bits per heavy atom. The largest absolute Gasteiger partial charge is 0.350 e. The van der Waals surface area contributed by atoms with E-state index in [1.165, 1.54) is 12.1 Å². The summed E-state index contributed by atoms with van der Waals surface area (Å²) in [5, 5.41) is 13.6. The van der Waals surface area contributed by atoms with Crippen LogP contribution >= 0.6 is 0 Å². The maximum absolute atomic E-state index is 13.0. The van der Waals surface area contributed by atoms with Gasteiger partial charge in [-0.2, -0.15) is 0 Å². The van der Waals surface area contributed by atoms with E-state index in [4.69, 9.17) is 0 Å². The number of nitrogens with zero attached hydrogens (tertiary/aromatic N) is 4. The number of nitrogens with one attached hydrogen (secondary N) is 1.